The number of methoxy groups -OCH3 is 1. The van der Waals surface area contributed by atoms with Crippen molar-refractivity contribution in [1.82, 2.24) is 25.1 Å². The van der Waals surface area contributed by atoms with Gasteiger partial charge < -0.3 is 33.8 Å². The van der Waals surface area contributed by atoms with Crippen LogP contribution in [0.4, 0.5) is 9.18 Å². The van der Waals surface area contributed by atoms with Crippen LogP contribution < -0.4 is 0 Å². The first kappa shape index (κ1) is 31.3. The Morgan fingerprint density at radius 3 is 2.60 bits per heavy atom. The van der Waals surface area contributed by atoms with E-state index in [1.165, 1.54) is 23.9 Å². The molecule has 2 N–H and O–H groups in total. The third-order valence-electron chi connectivity index (χ3n) is 7.80. The van der Waals surface area contributed by atoms with E-state index in [4.69, 9.17) is 30.3 Å². The van der Waals surface area contributed by atoms with Crippen molar-refractivity contribution in [2.24, 2.45) is 0 Å². The number of carbonyl (C=O) groups is 1. The summed E-state index contributed by atoms with van der Waals surface area (Å²) >= 11 is 5.81. The second kappa shape index (κ2) is 12.9. The van der Waals surface area contributed by atoms with E-state index in [1.807, 2.05) is 26.8 Å². The lowest BCUT2D eigenvalue weighted by molar-refractivity contribution is -0.212. The van der Waals surface area contributed by atoms with Crippen LogP contribution in [-0.4, -0.2) is 98.2 Å². The first-order valence-corrected chi connectivity index (χ1v) is 14.6. The lowest BCUT2D eigenvalue weighted by atomic mass is 9.90. The SMILES string of the molecule is CO[C@@H]1[C@@H](n2cc(-c3ccc(Cl)c(F)c3)nn2)[C@@H](O)[C@@H](CO)O[C@@H]1Cc1cc(C2CCN(C(=O)OC(C)(C)C)CC2)on1. The molecule has 1 amide bonds. The molecule has 2 aromatic heterocycles. The molecule has 12 nitrogen and oxygen atoms in total. The zero-order chi connectivity index (χ0) is 30.9. The standard InChI is InChI=1S/C29H37ClFN5O7/c1-29(2,3)42-28(39)35-9-7-16(8-10-35)22-12-18(33-43-22)13-23-27(40-4)25(26(38)24(15-37)41-23)36-14-21(32-34-36)17-5-6-19(30)20(31)11-17/h5-6,11-12,14,16,23-27,37-38H,7-10,13,15H2,1-4H3/t23-,24-,25+,26+,27+/m1/s1. The van der Waals surface area contributed by atoms with Crippen molar-refractivity contribution in [1.29, 1.82) is 0 Å². The fourth-order valence-electron chi connectivity index (χ4n) is 5.64. The summed E-state index contributed by atoms with van der Waals surface area (Å²) in [6, 6.07) is 5.41. The predicted octanol–water partition coefficient (Wildman–Crippen LogP) is 3.76. The number of likely N-dealkylation sites (tertiary alicyclic amines) is 1. The number of aliphatic hydroxyl groups is 2. The Kier molecular flexibility index (Phi) is 9.37. The minimum absolute atomic E-state index is 0.00802. The van der Waals surface area contributed by atoms with E-state index in [9.17, 15) is 19.4 Å². The molecule has 0 saturated carbocycles. The number of carbonyl (C=O) groups excluding carboxylic acids is 1. The number of aromatic nitrogens is 4. The maximum Gasteiger partial charge on any atom is 0.410 e. The monoisotopic (exact) mass is 621 g/mol. The summed E-state index contributed by atoms with van der Waals surface area (Å²) < 4.78 is 38.6. The van der Waals surface area contributed by atoms with Crippen LogP contribution in [0.3, 0.4) is 0 Å². The number of piperidine rings is 1. The van der Waals surface area contributed by atoms with E-state index in [1.54, 1.807) is 17.2 Å². The van der Waals surface area contributed by atoms with Gasteiger partial charge in [0.05, 0.1) is 29.6 Å². The van der Waals surface area contributed by atoms with Crippen molar-refractivity contribution in [3.63, 3.8) is 0 Å². The van der Waals surface area contributed by atoms with Gasteiger partial charge in [0.25, 0.3) is 0 Å². The van der Waals surface area contributed by atoms with Crippen molar-refractivity contribution in [2.45, 2.75) is 82.0 Å². The normalized spacial score (nSPS) is 25.2. The van der Waals surface area contributed by atoms with Crippen LogP contribution in [-0.2, 0) is 20.6 Å². The highest BCUT2D eigenvalue weighted by atomic mass is 35.5. The van der Waals surface area contributed by atoms with Crippen molar-refractivity contribution < 1.29 is 38.1 Å². The predicted molar refractivity (Wildman–Crippen MR) is 152 cm³/mol. The first-order chi connectivity index (χ1) is 20.5. The van der Waals surface area contributed by atoms with Gasteiger partial charge in [-0.25, -0.2) is 13.9 Å². The quantitative estimate of drug-likeness (QED) is 0.400. The van der Waals surface area contributed by atoms with E-state index in [-0.39, 0.29) is 23.5 Å². The van der Waals surface area contributed by atoms with Crippen LogP contribution >= 0.6 is 11.6 Å². The Hall–Kier alpha value is -3.10. The lowest BCUT2D eigenvalue weighted by Crippen LogP contribution is -2.57. The smallest absolute Gasteiger partial charge is 0.410 e. The van der Waals surface area contributed by atoms with Crippen molar-refractivity contribution in [3.8, 4) is 11.3 Å². The third-order valence-corrected chi connectivity index (χ3v) is 8.11. The van der Waals surface area contributed by atoms with E-state index >= 15 is 0 Å². The molecular weight excluding hydrogens is 585 g/mol. The lowest BCUT2D eigenvalue weighted by Gasteiger charge is -2.43. The Morgan fingerprint density at radius 1 is 1.21 bits per heavy atom. The Morgan fingerprint density at radius 2 is 1.95 bits per heavy atom. The number of benzene rings is 1. The number of amides is 1. The molecule has 0 unspecified atom stereocenters. The fraction of sp³-hybridized carbons (Fsp3) is 0.586. The van der Waals surface area contributed by atoms with Gasteiger partial charge in [0.1, 0.15) is 47.2 Å². The largest absolute Gasteiger partial charge is 0.444 e. The van der Waals surface area contributed by atoms with Gasteiger partial charge in [0, 0.05) is 44.2 Å². The highest BCUT2D eigenvalue weighted by Crippen LogP contribution is 2.35. The maximum absolute atomic E-state index is 14.1. The van der Waals surface area contributed by atoms with Gasteiger partial charge in [-0.15, -0.1) is 5.10 Å². The van der Waals surface area contributed by atoms with E-state index < -0.39 is 48.5 Å². The molecule has 0 aliphatic carbocycles. The van der Waals surface area contributed by atoms with Crippen molar-refractivity contribution in [3.05, 3.63) is 52.8 Å². The highest BCUT2D eigenvalue weighted by Gasteiger charge is 2.47. The summed E-state index contributed by atoms with van der Waals surface area (Å²) in [6.45, 7) is 6.19. The fourth-order valence-corrected chi connectivity index (χ4v) is 5.75. The molecule has 5 rings (SSSR count). The van der Waals surface area contributed by atoms with Gasteiger partial charge in [-0.1, -0.05) is 28.0 Å². The summed E-state index contributed by atoms with van der Waals surface area (Å²) in [5.74, 6) is 0.224. The number of hydrogen-bond acceptors (Lipinski definition) is 10. The highest BCUT2D eigenvalue weighted by molar-refractivity contribution is 6.30. The van der Waals surface area contributed by atoms with E-state index in [2.05, 4.69) is 15.5 Å². The van der Waals surface area contributed by atoms with Crippen LogP contribution in [0.1, 0.15) is 57.0 Å². The molecule has 2 fully saturated rings. The molecule has 0 spiro atoms. The molecule has 1 aromatic carbocycles. The van der Waals surface area contributed by atoms with E-state index in [0.29, 0.717) is 42.9 Å². The number of aliphatic hydroxyl groups excluding tert-OH is 2. The Balaban J connectivity index is 1.28. The molecule has 2 saturated heterocycles. The zero-order valence-corrected chi connectivity index (χ0v) is 25.3. The second-order valence-electron chi connectivity index (χ2n) is 12.0. The van der Waals surface area contributed by atoms with Crippen LogP contribution in [0, 0.1) is 5.82 Å². The minimum atomic E-state index is -1.18. The van der Waals surface area contributed by atoms with Gasteiger partial charge in [-0.05, 0) is 45.7 Å². The van der Waals surface area contributed by atoms with Gasteiger partial charge in [-0.3, -0.25) is 0 Å². The number of hydrogen-bond donors (Lipinski definition) is 2. The second-order valence-corrected chi connectivity index (χ2v) is 12.4. The average Bonchev–Trinajstić information content (AvgIpc) is 3.64. The van der Waals surface area contributed by atoms with Gasteiger partial charge >= 0.3 is 6.09 Å². The molecule has 5 atom stereocenters. The third kappa shape index (κ3) is 7.01. The van der Waals surface area contributed by atoms with E-state index in [0.717, 1.165) is 5.76 Å². The van der Waals surface area contributed by atoms with Crippen LogP contribution in [0.2, 0.25) is 5.02 Å². The molecule has 234 valence electrons. The first-order valence-electron chi connectivity index (χ1n) is 14.2. The molecule has 2 aliphatic heterocycles. The van der Waals surface area contributed by atoms with Crippen LogP contribution in [0.5, 0.6) is 0 Å². The van der Waals surface area contributed by atoms with Crippen LogP contribution in [0.15, 0.2) is 35.0 Å². The summed E-state index contributed by atoms with van der Waals surface area (Å²) in [5.41, 5.74) is 0.913. The number of nitrogens with zero attached hydrogens (tertiary/aromatic N) is 5. The van der Waals surface area contributed by atoms with Crippen molar-refractivity contribution in [2.75, 3.05) is 26.8 Å². The summed E-state index contributed by atoms with van der Waals surface area (Å²) in [7, 11) is 1.50. The Bertz CT molecular complexity index is 1400. The van der Waals surface area contributed by atoms with Gasteiger partial charge in [0.2, 0.25) is 0 Å². The van der Waals surface area contributed by atoms with Gasteiger partial charge in [0.15, 0.2) is 0 Å². The maximum atomic E-state index is 14.1. The molecule has 14 heteroatoms. The van der Waals surface area contributed by atoms with Crippen molar-refractivity contribution >= 4 is 17.7 Å². The van der Waals surface area contributed by atoms with Crippen LogP contribution in [0.25, 0.3) is 11.3 Å². The molecule has 0 bridgehead atoms. The Labute approximate surface area is 253 Å². The molecular formula is C29H37ClFN5O7. The molecule has 43 heavy (non-hydrogen) atoms. The number of halogens is 2. The number of rotatable bonds is 7. The zero-order valence-electron chi connectivity index (χ0n) is 24.5. The summed E-state index contributed by atoms with van der Waals surface area (Å²) in [6.07, 6.45) is -0.465. The number of ether oxygens (including phenoxy) is 3. The molecule has 3 aromatic rings. The topological polar surface area (TPSA) is 145 Å². The molecule has 4 heterocycles. The minimum Gasteiger partial charge on any atom is -0.444 e. The summed E-state index contributed by atoms with van der Waals surface area (Å²) in [5, 5.41) is 33.7. The summed E-state index contributed by atoms with van der Waals surface area (Å²) in [4.78, 5) is 14.1. The molecule has 0 radical (unpaired) electrons. The average molecular weight is 622 g/mol. The molecule has 2 aliphatic rings. The van der Waals surface area contributed by atoms with Gasteiger partial charge in [-0.2, -0.15) is 0 Å².